The highest BCUT2D eigenvalue weighted by molar-refractivity contribution is 6.01. The van der Waals surface area contributed by atoms with Crippen molar-refractivity contribution in [3.8, 4) is 5.75 Å². The Bertz CT molecular complexity index is 496. The van der Waals surface area contributed by atoms with Gasteiger partial charge in [-0.3, -0.25) is 4.79 Å². The SMILES string of the molecule is COc1cccc(N)c1C(=O)N(C)CC1CCN(C)CC1. The van der Waals surface area contributed by atoms with Crippen LogP contribution in [0.25, 0.3) is 0 Å². The molecule has 0 saturated carbocycles. The summed E-state index contributed by atoms with van der Waals surface area (Å²) < 4.78 is 5.27. The quantitative estimate of drug-likeness (QED) is 0.858. The molecule has 5 heteroatoms. The normalized spacial score (nSPS) is 16.7. The second-order valence-electron chi connectivity index (χ2n) is 5.86. The second kappa shape index (κ2) is 6.80. The van der Waals surface area contributed by atoms with Crippen molar-refractivity contribution < 1.29 is 9.53 Å². The lowest BCUT2D eigenvalue weighted by atomic mass is 9.96. The minimum atomic E-state index is -0.0659. The monoisotopic (exact) mass is 291 g/mol. The minimum absolute atomic E-state index is 0.0659. The summed E-state index contributed by atoms with van der Waals surface area (Å²) >= 11 is 0. The molecule has 0 radical (unpaired) electrons. The Morgan fingerprint density at radius 1 is 1.43 bits per heavy atom. The van der Waals surface area contributed by atoms with Crippen LogP contribution in [0, 0.1) is 5.92 Å². The molecule has 0 aliphatic carbocycles. The number of benzene rings is 1. The van der Waals surface area contributed by atoms with E-state index in [-0.39, 0.29) is 5.91 Å². The van der Waals surface area contributed by atoms with Crippen LogP contribution in [0.2, 0.25) is 0 Å². The predicted octanol–water partition coefficient (Wildman–Crippen LogP) is 1.69. The van der Waals surface area contributed by atoms with Gasteiger partial charge in [-0.15, -0.1) is 0 Å². The summed E-state index contributed by atoms with van der Waals surface area (Å²) in [6, 6.07) is 5.30. The third-order valence-corrected chi connectivity index (χ3v) is 4.21. The lowest BCUT2D eigenvalue weighted by molar-refractivity contribution is 0.0745. The van der Waals surface area contributed by atoms with Crippen LogP contribution in [0.4, 0.5) is 5.69 Å². The van der Waals surface area contributed by atoms with Crippen molar-refractivity contribution in [2.45, 2.75) is 12.8 Å². The Hall–Kier alpha value is -1.75. The number of nitrogens with two attached hydrogens (primary N) is 1. The number of carbonyl (C=O) groups is 1. The molecule has 1 fully saturated rings. The average Bonchev–Trinajstić information content (AvgIpc) is 2.48. The lowest BCUT2D eigenvalue weighted by Crippen LogP contribution is -2.38. The number of methoxy groups -OCH3 is 1. The van der Waals surface area contributed by atoms with Gasteiger partial charge in [-0.25, -0.2) is 0 Å². The molecule has 0 bridgehead atoms. The Labute approximate surface area is 126 Å². The molecule has 2 N–H and O–H groups in total. The summed E-state index contributed by atoms with van der Waals surface area (Å²) in [5.41, 5.74) is 6.89. The molecule has 21 heavy (non-hydrogen) atoms. The molecular formula is C16H25N3O2. The molecule has 116 valence electrons. The standard InChI is InChI=1S/C16H25N3O2/c1-18-9-7-12(8-10-18)11-19(2)16(20)15-13(17)5-4-6-14(15)21-3/h4-6,12H,7-11,17H2,1-3H3. The Kier molecular flexibility index (Phi) is 5.07. The molecule has 0 atom stereocenters. The molecule has 0 spiro atoms. The molecular weight excluding hydrogens is 266 g/mol. The third-order valence-electron chi connectivity index (χ3n) is 4.21. The zero-order chi connectivity index (χ0) is 15.4. The van der Waals surface area contributed by atoms with Gasteiger partial charge in [0.2, 0.25) is 0 Å². The van der Waals surface area contributed by atoms with Crippen molar-refractivity contribution in [3.05, 3.63) is 23.8 Å². The first kappa shape index (κ1) is 15.6. The third kappa shape index (κ3) is 3.67. The first-order valence-electron chi connectivity index (χ1n) is 7.39. The number of anilines is 1. The van der Waals surface area contributed by atoms with Gasteiger partial charge in [0.15, 0.2) is 0 Å². The number of nitrogen functional groups attached to an aromatic ring is 1. The van der Waals surface area contributed by atoms with Crippen molar-refractivity contribution in [3.63, 3.8) is 0 Å². The van der Waals surface area contributed by atoms with Crippen LogP contribution in [0.1, 0.15) is 23.2 Å². The Balaban J connectivity index is 2.06. The van der Waals surface area contributed by atoms with E-state index in [9.17, 15) is 4.79 Å². The molecule has 5 nitrogen and oxygen atoms in total. The molecule has 0 aromatic heterocycles. The molecule has 1 aromatic rings. The number of piperidine rings is 1. The summed E-state index contributed by atoms with van der Waals surface area (Å²) in [5.74, 6) is 1.03. The van der Waals surface area contributed by atoms with E-state index in [1.807, 2.05) is 7.05 Å². The Morgan fingerprint density at radius 3 is 2.71 bits per heavy atom. The van der Waals surface area contributed by atoms with E-state index in [0.717, 1.165) is 32.5 Å². The number of rotatable bonds is 4. The van der Waals surface area contributed by atoms with Gasteiger partial charge in [-0.2, -0.15) is 0 Å². The largest absolute Gasteiger partial charge is 0.496 e. The van der Waals surface area contributed by atoms with Crippen molar-refractivity contribution in [2.24, 2.45) is 5.92 Å². The van der Waals surface area contributed by atoms with Gasteiger partial charge in [0, 0.05) is 19.3 Å². The maximum Gasteiger partial charge on any atom is 0.259 e. The van der Waals surface area contributed by atoms with Crippen molar-refractivity contribution in [1.29, 1.82) is 0 Å². The highest BCUT2D eigenvalue weighted by Gasteiger charge is 2.24. The molecule has 1 saturated heterocycles. The molecule has 1 aliphatic rings. The fourth-order valence-electron chi connectivity index (χ4n) is 2.85. The Morgan fingerprint density at radius 2 is 2.10 bits per heavy atom. The van der Waals surface area contributed by atoms with E-state index in [4.69, 9.17) is 10.5 Å². The summed E-state index contributed by atoms with van der Waals surface area (Å²) in [6.07, 6.45) is 2.27. The summed E-state index contributed by atoms with van der Waals surface area (Å²) in [7, 11) is 5.54. The number of likely N-dealkylation sites (tertiary alicyclic amines) is 1. The van der Waals surface area contributed by atoms with E-state index in [0.29, 0.717) is 22.9 Å². The number of amides is 1. The number of hydrogen-bond acceptors (Lipinski definition) is 4. The van der Waals surface area contributed by atoms with Gasteiger partial charge < -0.3 is 20.3 Å². The first-order chi connectivity index (χ1) is 10.0. The maximum absolute atomic E-state index is 12.6. The van der Waals surface area contributed by atoms with Crippen LogP contribution >= 0.6 is 0 Å². The van der Waals surface area contributed by atoms with Crippen LogP contribution in [-0.2, 0) is 0 Å². The molecule has 1 amide bonds. The van der Waals surface area contributed by atoms with E-state index in [2.05, 4.69) is 11.9 Å². The predicted molar refractivity (Wildman–Crippen MR) is 84.6 cm³/mol. The fourth-order valence-corrected chi connectivity index (χ4v) is 2.85. The molecule has 0 unspecified atom stereocenters. The van der Waals surface area contributed by atoms with Crippen LogP contribution in [0.5, 0.6) is 5.75 Å². The zero-order valence-corrected chi connectivity index (χ0v) is 13.1. The second-order valence-corrected chi connectivity index (χ2v) is 5.86. The van der Waals surface area contributed by atoms with Crippen LogP contribution < -0.4 is 10.5 Å². The maximum atomic E-state index is 12.6. The topological polar surface area (TPSA) is 58.8 Å². The van der Waals surface area contributed by atoms with E-state index < -0.39 is 0 Å². The lowest BCUT2D eigenvalue weighted by Gasteiger charge is -2.32. The van der Waals surface area contributed by atoms with Crippen molar-refractivity contribution in [1.82, 2.24) is 9.80 Å². The van der Waals surface area contributed by atoms with Gasteiger partial charge in [0.25, 0.3) is 5.91 Å². The smallest absolute Gasteiger partial charge is 0.259 e. The van der Waals surface area contributed by atoms with Crippen molar-refractivity contribution in [2.75, 3.05) is 46.6 Å². The molecule has 1 aromatic carbocycles. The van der Waals surface area contributed by atoms with Gasteiger partial charge in [-0.1, -0.05) is 6.07 Å². The highest BCUT2D eigenvalue weighted by Crippen LogP contribution is 2.26. The average molecular weight is 291 g/mol. The fraction of sp³-hybridized carbons (Fsp3) is 0.562. The minimum Gasteiger partial charge on any atom is -0.496 e. The van der Waals surface area contributed by atoms with Gasteiger partial charge in [0.05, 0.1) is 7.11 Å². The summed E-state index contributed by atoms with van der Waals surface area (Å²) in [6.45, 7) is 2.97. The van der Waals surface area contributed by atoms with Crippen LogP contribution in [0.3, 0.4) is 0 Å². The van der Waals surface area contributed by atoms with Crippen molar-refractivity contribution >= 4 is 11.6 Å². The number of hydrogen-bond donors (Lipinski definition) is 1. The molecule has 1 aliphatic heterocycles. The highest BCUT2D eigenvalue weighted by atomic mass is 16.5. The summed E-state index contributed by atoms with van der Waals surface area (Å²) in [5, 5.41) is 0. The molecule has 1 heterocycles. The zero-order valence-electron chi connectivity index (χ0n) is 13.1. The van der Waals surface area contributed by atoms with E-state index in [1.165, 1.54) is 0 Å². The first-order valence-corrected chi connectivity index (χ1v) is 7.39. The van der Waals surface area contributed by atoms with E-state index in [1.54, 1.807) is 30.2 Å². The summed E-state index contributed by atoms with van der Waals surface area (Å²) in [4.78, 5) is 16.7. The van der Waals surface area contributed by atoms with Gasteiger partial charge in [0.1, 0.15) is 11.3 Å². The van der Waals surface area contributed by atoms with E-state index >= 15 is 0 Å². The number of nitrogens with zero attached hydrogens (tertiary/aromatic N) is 2. The van der Waals surface area contributed by atoms with Gasteiger partial charge in [-0.05, 0) is 51.0 Å². The van der Waals surface area contributed by atoms with Crippen LogP contribution in [-0.4, -0.2) is 56.5 Å². The number of ether oxygens (including phenoxy) is 1. The van der Waals surface area contributed by atoms with Crippen LogP contribution in [0.15, 0.2) is 18.2 Å². The number of carbonyl (C=O) groups excluding carboxylic acids is 1. The van der Waals surface area contributed by atoms with Gasteiger partial charge >= 0.3 is 0 Å². The molecule has 2 rings (SSSR count).